The van der Waals surface area contributed by atoms with Gasteiger partial charge < -0.3 is 0 Å². The summed E-state index contributed by atoms with van der Waals surface area (Å²) >= 11 is 4.61. The lowest BCUT2D eigenvalue weighted by Gasteiger charge is -2.06. The molecule has 1 rings (SSSR count). The minimum Gasteiger partial charge on any atom is -0.211 e. The largest absolute Gasteiger partial charge is 0.237 e. The lowest BCUT2D eigenvalue weighted by Crippen LogP contribution is -1.93. The molecule has 4 nitrogen and oxygen atoms in total. The van der Waals surface area contributed by atoms with Gasteiger partial charge in [0.1, 0.15) is 0 Å². The highest BCUT2D eigenvalue weighted by molar-refractivity contribution is 8.01. The lowest BCUT2D eigenvalue weighted by molar-refractivity contribution is 0.550. The Labute approximate surface area is 105 Å². The van der Waals surface area contributed by atoms with E-state index in [0.717, 1.165) is 14.7 Å². The molecule has 0 aliphatic heterocycles. The minimum absolute atomic E-state index is 0.789. The van der Waals surface area contributed by atoms with Gasteiger partial charge in [0, 0.05) is 15.8 Å². The molecule has 0 saturated carbocycles. The molecule has 0 fully saturated rings. The predicted octanol–water partition coefficient (Wildman–Crippen LogP) is 2.86. The van der Waals surface area contributed by atoms with E-state index in [-0.39, 0.29) is 0 Å². The van der Waals surface area contributed by atoms with Crippen LogP contribution in [0.1, 0.15) is 11.7 Å². The molecule has 0 amide bonds. The summed E-state index contributed by atoms with van der Waals surface area (Å²) < 4.78 is 0.993. The third kappa shape index (κ3) is 2.84. The van der Waals surface area contributed by atoms with Gasteiger partial charge in [0.05, 0.1) is 4.21 Å². The molecule has 0 atom stereocenters. The Bertz CT molecular complexity index is 420. The maximum absolute atomic E-state index is 10.3. The van der Waals surface area contributed by atoms with E-state index in [2.05, 4.69) is 9.98 Å². The van der Waals surface area contributed by atoms with Gasteiger partial charge in [-0.1, -0.05) is 0 Å². The van der Waals surface area contributed by atoms with Crippen LogP contribution in [0.15, 0.2) is 24.5 Å². The molecule has 0 N–H and O–H groups in total. The summed E-state index contributed by atoms with van der Waals surface area (Å²) in [6, 6.07) is 0. The Morgan fingerprint density at radius 3 is 2.31 bits per heavy atom. The number of hydrogen-bond donors (Lipinski definition) is 0. The molecule has 84 valence electrons. The van der Waals surface area contributed by atoms with E-state index in [0.29, 0.717) is 0 Å². The molecule has 0 bridgehead atoms. The second-order valence-corrected chi connectivity index (χ2v) is 5.33. The standard InChI is InChI=1S/C9H8N2O2S3/c1-14-6-3-16-9(15-2)7(6)8(10-4-12)11-5-13/h3,8H,1-2H3. The van der Waals surface area contributed by atoms with Crippen LogP contribution in [0.2, 0.25) is 0 Å². The zero-order valence-electron chi connectivity index (χ0n) is 8.59. The zero-order chi connectivity index (χ0) is 12.0. The van der Waals surface area contributed by atoms with Gasteiger partial charge in [0.15, 0.2) is 6.17 Å². The number of nitrogens with zero attached hydrogens (tertiary/aromatic N) is 2. The average Bonchev–Trinajstić information content (AvgIpc) is 2.71. The van der Waals surface area contributed by atoms with Gasteiger partial charge >= 0.3 is 0 Å². The molecule has 0 aliphatic rings. The summed E-state index contributed by atoms with van der Waals surface area (Å²) in [7, 11) is 0. The van der Waals surface area contributed by atoms with Crippen molar-refractivity contribution in [2.45, 2.75) is 15.3 Å². The summed E-state index contributed by atoms with van der Waals surface area (Å²) in [5.74, 6) is 0. The second-order valence-electron chi connectivity index (χ2n) is 2.52. The third-order valence-corrected chi connectivity index (χ3v) is 4.87. The van der Waals surface area contributed by atoms with Crippen LogP contribution in [0.5, 0.6) is 0 Å². The summed E-state index contributed by atoms with van der Waals surface area (Å²) in [5, 5.41) is 1.96. The predicted molar refractivity (Wildman–Crippen MR) is 66.9 cm³/mol. The van der Waals surface area contributed by atoms with E-state index in [1.54, 1.807) is 11.3 Å². The Kier molecular flexibility index (Phi) is 5.52. The van der Waals surface area contributed by atoms with Gasteiger partial charge in [-0.05, 0) is 12.5 Å². The van der Waals surface area contributed by atoms with Crippen LogP contribution >= 0.6 is 34.9 Å². The summed E-state index contributed by atoms with van der Waals surface area (Å²) in [5.41, 5.74) is 0.789. The maximum atomic E-state index is 10.3. The van der Waals surface area contributed by atoms with Crippen molar-refractivity contribution in [3.63, 3.8) is 0 Å². The summed E-state index contributed by atoms with van der Waals surface area (Å²) in [6.07, 6.45) is 5.89. The third-order valence-electron chi connectivity index (χ3n) is 1.77. The Morgan fingerprint density at radius 1 is 1.25 bits per heavy atom. The highest BCUT2D eigenvalue weighted by Gasteiger charge is 2.19. The Balaban J connectivity index is 3.29. The van der Waals surface area contributed by atoms with E-state index < -0.39 is 6.17 Å². The molecule has 0 radical (unpaired) electrons. The molecule has 0 aromatic carbocycles. The number of rotatable bonds is 5. The van der Waals surface area contributed by atoms with E-state index in [4.69, 9.17) is 0 Å². The number of thiophene rings is 1. The van der Waals surface area contributed by atoms with Crippen LogP contribution in [-0.2, 0) is 9.59 Å². The topological polar surface area (TPSA) is 58.9 Å². The van der Waals surface area contributed by atoms with Crippen LogP contribution in [0.4, 0.5) is 0 Å². The van der Waals surface area contributed by atoms with Crippen molar-refractivity contribution in [1.29, 1.82) is 0 Å². The number of isocyanates is 2. The Morgan fingerprint density at radius 2 is 1.88 bits per heavy atom. The van der Waals surface area contributed by atoms with E-state index in [1.807, 2.05) is 17.9 Å². The molecule has 1 aromatic heterocycles. The molecular weight excluding hydrogens is 264 g/mol. The zero-order valence-corrected chi connectivity index (χ0v) is 11.0. The van der Waals surface area contributed by atoms with Crippen molar-refractivity contribution in [3.05, 3.63) is 10.9 Å². The average molecular weight is 272 g/mol. The van der Waals surface area contributed by atoms with Crippen molar-refractivity contribution in [1.82, 2.24) is 0 Å². The van der Waals surface area contributed by atoms with Gasteiger partial charge in [-0.15, -0.1) is 34.9 Å². The molecule has 1 heterocycles. The first kappa shape index (κ1) is 13.2. The first-order chi connectivity index (χ1) is 7.78. The molecule has 16 heavy (non-hydrogen) atoms. The fourth-order valence-corrected chi connectivity index (χ4v) is 3.87. The van der Waals surface area contributed by atoms with Gasteiger partial charge in [-0.3, -0.25) is 0 Å². The summed E-state index contributed by atoms with van der Waals surface area (Å²) in [4.78, 5) is 28.6. The monoisotopic (exact) mass is 272 g/mol. The van der Waals surface area contributed by atoms with Crippen LogP contribution in [0, 0.1) is 0 Å². The molecule has 0 spiro atoms. The first-order valence-corrected chi connectivity index (χ1v) is 7.44. The van der Waals surface area contributed by atoms with Crippen molar-refractivity contribution in [2.24, 2.45) is 9.98 Å². The molecule has 7 heteroatoms. The number of hydrogen-bond acceptors (Lipinski definition) is 7. The van der Waals surface area contributed by atoms with E-state index >= 15 is 0 Å². The van der Waals surface area contributed by atoms with Gasteiger partial charge in [0.25, 0.3) is 0 Å². The highest BCUT2D eigenvalue weighted by Crippen LogP contribution is 2.40. The smallest absolute Gasteiger partial charge is 0.211 e. The fourth-order valence-electron chi connectivity index (χ4n) is 1.14. The number of aliphatic imine (C=N–C) groups is 2. The molecule has 0 saturated heterocycles. The Hall–Kier alpha value is -0.840. The SMILES string of the molecule is CSc1csc(SC)c1C(N=C=O)N=C=O. The molecular formula is C9H8N2O2S3. The van der Waals surface area contributed by atoms with Crippen molar-refractivity contribution < 1.29 is 9.59 Å². The first-order valence-electron chi connectivity index (χ1n) is 4.11. The minimum atomic E-state index is -0.814. The van der Waals surface area contributed by atoms with Crippen LogP contribution in [0.3, 0.4) is 0 Å². The van der Waals surface area contributed by atoms with Gasteiger partial charge in [-0.25, -0.2) is 9.59 Å². The van der Waals surface area contributed by atoms with Crippen LogP contribution in [-0.4, -0.2) is 24.7 Å². The van der Waals surface area contributed by atoms with E-state index in [1.165, 1.54) is 35.7 Å². The normalized spacial score (nSPS) is 11.4. The number of thioether (sulfide) groups is 2. The molecule has 1 aromatic rings. The van der Waals surface area contributed by atoms with Crippen molar-refractivity contribution in [2.75, 3.05) is 12.5 Å². The highest BCUT2D eigenvalue weighted by atomic mass is 32.2. The van der Waals surface area contributed by atoms with Gasteiger partial charge in [-0.2, -0.15) is 9.98 Å². The molecule has 0 aliphatic carbocycles. The summed E-state index contributed by atoms with van der Waals surface area (Å²) in [6.45, 7) is 0. The second kappa shape index (κ2) is 6.68. The van der Waals surface area contributed by atoms with Crippen molar-refractivity contribution >= 4 is 47.0 Å². The fraction of sp³-hybridized carbons (Fsp3) is 0.333. The van der Waals surface area contributed by atoms with Crippen LogP contribution < -0.4 is 0 Å². The maximum Gasteiger partial charge on any atom is 0.237 e. The number of carbonyl (C=O) groups excluding carboxylic acids is 2. The molecule has 0 unspecified atom stereocenters. The lowest BCUT2D eigenvalue weighted by atomic mass is 10.3. The quantitative estimate of drug-likeness (QED) is 0.470. The van der Waals surface area contributed by atoms with Gasteiger partial charge in [0.2, 0.25) is 12.2 Å². The van der Waals surface area contributed by atoms with Crippen molar-refractivity contribution in [3.8, 4) is 0 Å². The van der Waals surface area contributed by atoms with E-state index in [9.17, 15) is 9.59 Å². The van der Waals surface area contributed by atoms with Crippen LogP contribution in [0.25, 0.3) is 0 Å².